The van der Waals surface area contributed by atoms with E-state index in [9.17, 15) is 0 Å². The van der Waals surface area contributed by atoms with Crippen molar-refractivity contribution in [2.75, 3.05) is 19.5 Å². The lowest BCUT2D eigenvalue weighted by Crippen LogP contribution is -2.01. The van der Waals surface area contributed by atoms with Gasteiger partial charge in [0.2, 0.25) is 0 Å². The van der Waals surface area contributed by atoms with Gasteiger partial charge < -0.3 is 24.3 Å². The highest BCUT2D eigenvalue weighted by molar-refractivity contribution is 6.32. The van der Waals surface area contributed by atoms with E-state index < -0.39 is 0 Å². The molecule has 5 nitrogen and oxygen atoms in total. The van der Waals surface area contributed by atoms with Crippen LogP contribution in [0.4, 0.5) is 5.69 Å². The van der Waals surface area contributed by atoms with Gasteiger partial charge in [-0.3, -0.25) is 0 Å². The van der Waals surface area contributed by atoms with Gasteiger partial charge in [-0.25, -0.2) is 0 Å². The Labute approximate surface area is 122 Å². The van der Waals surface area contributed by atoms with Crippen LogP contribution < -0.4 is 14.8 Å². The molecule has 1 aromatic heterocycles. The Morgan fingerprint density at radius 1 is 1.15 bits per heavy atom. The van der Waals surface area contributed by atoms with Gasteiger partial charge in [-0.05, 0) is 12.1 Å². The van der Waals surface area contributed by atoms with Crippen molar-refractivity contribution in [3.8, 4) is 11.5 Å². The summed E-state index contributed by atoms with van der Waals surface area (Å²) in [6, 6.07) is 6.98. The minimum atomic E-state index is -0.113. The fourth-order valence-electron chi connectivity index (χ4n) is 1.78. The number of hydrogen-bond donors (Lipinski definition) is 2. The van der Waals surface area contributed by atoms with Gasteiger partial charge in [-0.15, -0.1) is 0 Å². The quantitative estimate of drug-likeness (QED) is 0.858. The van der Waals surface area contributed by atoms with Crippen LogP contribution in [0.3, 0.4) is 0 Å². The molecular formula is C14H16ClNO4. The number of furan rings is 1. The highest BCUT2D eigenvalue weighted by Gasteiger charge is 2.10. The van der Waals surface area contributed by atoms with Gasteiger partial charge >= 0.3 is 0 Å². The number of methoxy groups -OCH3 is 2. The lowest BCUT2D eigenvalue weighted by atomic mass is 10.2. The molecule has 2 aromatic rings. The van der Waals surface area contributed by atoms with Crippen molar-refractivity contribution in [2.45, 2.75) is 13.2 Å². The van der Waals surface area contributed by atoms with Gasteiger partial charge in [-0.1, -0.05) is 11.6 Å². The molecule has 2 N–H and O–H groups in total. The van der Waals surface area contributed by atoms with E-state index in [0.29, 0.717) is 34.6 Å². The molecule has 20 heavy (non-hydrogen) atoms. The topological polar surface area (TPSA) is 63.9 Å². The Kier molecular flexibility index (Phi) is 4.76. The van der Waals surface area contributed by atoms with Crippen LogP contribution in [0, 0.1) is 0 Å². The first-order chi connectivity index (χ1) is 9.67. The summed E-state index contributed by atoms with van der Waals surface area (Å²) in [5, 5.41) is 12.6. The largest absolute Gasteiger partial charge is 0.495 e. The Morgan fingerprint density at radius 2 is 1.85 bits per heavy atom. The lowest BCUT2D eigenvalue weighted by Gasteiger charge is -2.13. The molecule has 0 saturated carbocycles. The molecule has 0 unspecified atom stereocenters. The third-order valence-corrected chi connectivity index (χ3v) is 3.10. The zero-order valence-corrected chi connectivity index (χ0v) is 12.0. The maximum atomic E-state index is 8.95. The first-order valence-electron chi connectivity index (χ1n) is 6.01. The number of benzene rings is 1. The first-order valence-corrected chi connectivity index (χ1v) is 6.39. The number of aliphatic hydroxyl groups excluding tert-OH is 1. The molecule has 0 aliphatic carbocycles. The molecule has 2 rings (SSSR count). The molecule has 0 aliphatic heterocycles. The van der Waals surface area contributed by atoms with E-state index in [1.165, 1.54) is 0 Å². The van der Waals surface area contributed by atoms with Gasteiger partial charge in [0.15, 0.2) is 0 Å². The van der Waals surface area contributed by atoms with Gasteiger partial charge in [0.25, 0.3) is 0 Å². The summed E-state index contributed by atoms with van der Waals surface area (Å²) in [6.45, 7) is 0.346. The summed E-state index contributed by atoms with van der Waals surface area (Å²) >= 11 is 6.04. The second-order valence-electron chi connectivity index (χ2n) is 4.07. The Hall–Kier alpha value is -1.85. The third-order valence-electron chi connectivity index (χ3n) is 2.80. The smallest absolute Gasteiger partial charge is 0.143 e. The molecule has 0 saturated heterocycles. The monoisotopic (exact) mass is 297 g/mol. The molecule has 0 aliphatic rings. The summed E-state index contributed by atoms with van der Waals surface area (Å²) < 4.78 is 15.8. The number of rotatable bonds is 6. The number of aliphatic hydroxyl groups is 1. The SMILES string of the molecule is COc1cc(NCc2ccc(CO)o2)c(OC)cc1Cl. The molecular weight excluding hydrogens is 282 g/mol. The average Bonchev–Trinajstić information content (AvgIpc) is 2.93. The van der Waals surface area contributed by atoms with Crippen LogP contribution in [-0.2, 0) is 13.2 Å². The molecule has 0 amide bonds. The zero-order valence-electron chi connectivity index (χ0n) is 11.3. The standard InChI is InChI=1S/C14H16ClNO4/c1-18-13-6-12(14(19-2)5-11(13)15)16-7-9-3-4-10(8-17)20-9/h3-6,16-17H,7-8H2,1-2H3. The molecule has 0 fully saturated rings. The Balaban J connectivity index is 2.15. The number of anilines is 1. The molecule has 0 radical (unpaired) electrons. The van der Waals surface area contributed by atoms with Gasteiger partial charge in [0.1, 0.15) is 29.6 Å². The maximum absolute atomic E-state index is 8.95. The minimum Gasteiger partial charge on any atom is -0.495 e. The molecule has 6 heteroatoms. The van der Waals surface area contributed by atoms with E-state index >= 15 is 0 Å². The highest BCUT2D eigenvalue weighted by atomic mass is 35.5. The molecule has 0 bridgehead atoms. The van der Waals surface area contributed by atoms with E-state index in [4.69, 9.17) is 30.6 Å². The van der Waals surface area contributed by atoms with Crippen molar-refractivity contribution in [1.82, 2.24) is 0 Å². The van der Waals surface area contributed by atoms with E-state index in [-0.39, 0.29) is 6.61 Å². The number of nitrogens with one attached hydrogen (secondary N) is 1. The van der Waals surface area contributed by atoms with Crippen LogP contribution in [0.25, 0.3) is 0 Å². The number of hydrogen-bond acceptors (Lipinski definition) is 5. The lowest BCUT2D eigenvalue weighted by molar-refractivity contribution is 0.244. The van der Waals surface area contributed by atoms with Crippen molar-refractivity contribution < 1.29 is 19.0 Å². The van der Waals surface area contributed by atoms with Crippen LogP contribution in [0.2, 0.25) is 5.02 Å². The van der Waals surface area contributed by atoms with Crippen LogP contribution in [-0.4, -0.2) is 19.3 Å². The molecule has 108 valence electrons. The maximum Gasteiger partial charge on any atom is 0.143 e. The van der Waals surface area contributed by atoms with Crippen LogP contribution >= 0.6 is 11.6 Å². The van der Waals surface area contributed by atoms with Crippen molar-refractivity contribution in [1.29, 1.82) is 0 Å². The fourth-order valence-corrected chi connectivity index (χ4v) is 2.01. The Bertz CT molecular complexity index is 583. The van der Waals surface area contributed by atoms with Crippen molar-refractivity contribution in [3.05, 3.63) is 40.8 Å². The van der Waals surface area contributed by atoms with Crippen LogP contribution in [0.5, 0.6) is 11.5 Å². The van der Waals surface area contributed by atoms with Crippen molar-refractivity contribution >= 4 is 17.3 Å². The minimum absolute atomic E-state index is 0.113. The number of halogens is 1. The van der Waals surface area contributed by atoms with Crippen molar-refractivity contribution in [2.24, 2.45) is 0 Å². The average molecular weight is 298 g/mol. The van der Waals surface area contributed by atoms with E-state index in [0.717, 1.165) is 5.69 Å². The summed E-state index contributed by atoms with van der Waals surface area (Å²) in [6.07, 6.45) is 0. The molecule has 0 spiro atoms. The van der Waals surface area contributed by atoms with E-state index in [1.807, 2.05) is 0 Å². The fraction of sp³-hybridized carbons (Fsp3) is 0.286. The van der Waals surface area contributed by atoms with Crippen molar-refractivity contribution in [3.63, 3.8) is 0 Å². The van der Waals surface area contributed by atoms with E-state index in [2.05, 4.69) is 5.32 Å². The van der Waals surface area contributed by atoms with Gasteiger partial charge in [0, 0.05) is 12.1 Å². The molecule has 1 aromatic carbocycles. The molecule has 0 atom stereocenters. The molecule has 1 heterocycles. The van der Waals surface area contributed by atoms with Crippen LogP contribution in [0.1, 0.15) is 11.5 Å². The van der Waals surface area contributed by atoms with Gasteiger partial charge in [0.05, 0.1) is 31.5 Å². The third kappa shape index (κ3) is 3.18. The summed E-state index contributed by atoms with van der Waals surface area (Å²) in [5.74, 6) is 2.42. The zero-order chi connectivity index (χ0) is 14.5. The van der Waals surface area contributed by atoms with Crippen LogP contribution in [0.15, 0.2) is 28.7 Å². The normalized spacial score (nSPS) is 10.4. The second-order valence-corrected chi connectivity index (χ2v) is 4.47. The second kappa shape index (κ2) is 6.54. The summed E-state index contributed by atoms with van der Waals surface area (Å²) in [7, 11) is 3.12. The summed E-state index contributed by atoms with van der Waals surface area (Å²) in [4.78, 5) is 0. The predicted octanol–water partition coefficient (Wildman–Crippen LogP) is 3.05. The summed E-state index contributed by atoms with van der Waals surface area (Å²) in [5.41, 5.74) is 0.746. The van der Waals surface area contributed by atoms with Gasteiger partial charge in [-0.2, -0.15) is 0 Å². The van der Waals surface area contributed by atoms with E-state index in [1.54, 1.807) is 38.5 Å². The predicted molar refractivity (Wildman–Crippen MR) is 76.5 cm³/mol. The Morgan fingerprint density at radius 3 is 2.45 bits per heavy atom. The number of ether oxygens (including phenoxy) is 2. The highest BCUT2D eigenvalue weighted by Crippen LogP contribution is 2.36. The first kappa shape index (κ1) is 14.6.